The summed E-state index contributed by atoms with van der Waals surface area (Å²) in [5, 5.41) is 7.10. The lowest BCUT2D eigenvalue weighted by molar-refractivity contribution is -0.118. The molecule has 0 fully saturated rings. The number of para-hydroxylation sites is 1. The summed E-state index contributed by atoms with van der Waals surface area (Å²) in [6.45, 7) is 4.63. The second-order valence-corrected chi connectivity index (χ2v) is 7.53. The number of carbonyl (C=O) groups is 1. The number of benzene rings is 2. The first kappa shape index (κ1) is 18.1. The molecule has 0 saturated carbocycles. The van der Waals surface area contributed by atoms with Crippen LogP contribution in [0.2, 0.25) is 0 Å². The van der Waals surface area contributed by atoms with E-state index in [4.69, 9.17) is 9.47 Å². The average Bonchev–Trinajstić information content (AvgIpc) is 3.22. The van der Waals surface area contributed by atoms with Gasteiger partial charge in [-0.25, -0.2) is 0 Å². The van der Waals surface area contributed by atoms with E-state index in [0.717, 1.165) is 23.3 Å². The van der Waals surface area contributed by atoms with Crippen LogP contribution in [-0.4, -0.2) is 27.9 Å². The number of hydrogen-bond donors (Lipinski definition) is 1. The van der Waals surface area contributed by atoms with E-state index >= 15 is 0 Å². The van der Waals surface area contributed by atoms with Gasteiger partial charge in [0.15, 0.2) is 18.1 Å². The molecule has 0 atom stereocenters. The number of rotatable bonds is 6. The zero-order chi connectivity index (χ0) is 19.6. The molecule has 1 aromatic heterocycles. The van der Waals surface area contributed by atoms with Gasteiger partial charge < -0.3 is 14.8 Å². The van der Waals surface area contributed by atoms with Crippen molar-refractivity contribution in [3.05, 3.63) is 72.1 Å². The van der Waals surface area contributed by atoms with Crippen molar-refractivity contribution in [2.24, 2.45) is 0 Å². The maximum Gasteiger partial charge on any atom is 0.262 e. The summed E-state index contributed by atoms with van der Waals surface area (Å²) in [5.41, 5.74) is 2.63. The monoisotopic (exact) mass is 377 g/mol. The van der Waals surface area contributed by atoms with Crippen LogP contribution in [0.25, 0.3) is 0 Å². The Morgan fingerprint density at radius 1 is 1.21 bits per heavy atom. The number of anilines is 1. The van der Waals surface area contributed by atoms with E-state index in [1.165, 1.54) is 0 Å². The zero-order valence-corrected chi connectivity index (χ0v) is 16.0. The van der Waals surface area contributed by atoms with Crippen molar-refractivity contribution in [3.8, 4) is 11.5 Å². The standard InChI is InChI=1S/C22H23N3O3/c1-22(2)11-17-9-6-10-19(21(17)28-22)27-15-20(26)24-18-12-23-25(14-18)13-16-7-4-3-5-8-16/h3-10,12,14H,11,13,15H2,1-2H3,(H,24,26). The molecule has 1 aliphatic rings. The van der Waals surface area contributed by atoms with E-state index in [2.05, 4.69) is 10.4 Å². The summed E-state index contributed by atoms with van der Waals surface area (Å²) in [4.78, 5) is 12.3. The third kappa shape index (κ3) is 4.17. The smallest absolute Gasteiger partial charge is 0.262 e. The van der Waals surface area contributed by atoms with E-state index in [1.54, 1.807) is 17.1 Å². The first-order chi connectivity index (χ1) is 13.5. The minimum Gasteiger partial charge on any atom is -0.483 e. The van der Waals surface area contributed by atoms with Crippen LogP contribution in [0.3, 0.4) is 0 Å². The van der Waals surface area contributed by atoms with Crippen molar-refractivity contribution in [2.45, 2.75) is 32.4 Å². The van der Waals surface area contributed by atoms with Gasteiger partial charge >= 0.3 is 0 Å². The first-order valence-electron chi connectivity index (χ1n) is 9.28. The molecule has 0 unspecified atom stereocenters. The van der Waals surface area contributed by atoms with Crippen molar-refractivity contribution >= 4 is 11.6 Å². The molecular weight excluding hydrogens is 354 g/mol. The second-order valence-electron chi connectivity index (χ2n) is 7.53. The lowest BCUT2D eigenvalue weighted by Crippen LogP contribution is -2.25. The number of nitrogens with one attached hydrogen (secondary N) is 1. The van der Waals surface area contributed by atoms with Crippen LogP contribution in [0.1, 0.15) is 25.0 Å². The van der Waals surface area contributed by atoms with Crippen molar-refractivity contribution in [3.63, 3.8) is 0 Å². The molecule has 4 rings (SSSR count). The molecule has 2 aromatic carbocycles. The molecule has 1 amide bonds. The number of nitrogens with zero attached hydrogens (tertiary/aromatic N) is 2. The minimum atomic E-state index is -0.253. The highest BCUT2D eigenvalue weighted by Crippen LogP contribution is 2.41. The summed E-state index contributed by atoms with van der Waals surface area (Å²) in [5.74, 6) is 1.09. The quantitative estimate of drug-likeness (QED) is 0.712. The Kier molecular flexibility index (Phi) is 4.77. The fraction of sp³-hybridized carbons (Fsp3) is 0.273. The lowest BCUT2D eigenvalue weighted by Gasteiger charge is -2.18. The Hall–Kier alpha value is -3.28. The van der Waals surface area contributed by atoms with Crippen LogP contribution in [0.5, 0.6) is 11.5 Å². The van der Waals surface area contributed by atoms with Crippen molar-refractivity contribution < 1.29 is 14.3 Å². The van der Waals surface area contributed by atoms with Crippen molar-refractivity contribution in [1.29, 1.82) is 0 Å². The predicted octanol–water partition coefficient (Wildman–Crippen LogP) is 3.66. The average molecular weight is 377 g/mol. The summed E-state index contributed by atoms with van der Waals surface area (Å²) >= 11 is 0. The summed E-state index contributed by atoms with van der Waals surface area (Å²) < 4.78 is 13.5. The number of aromatic nitrogens is 2. The Morgan fingerprint density at radius 2 is 2.04 bits per heavy atom. The van der Waals surface area contributed by atoms with E-state index in [1.807, 2.05) is 62.4 Å². The molecule has 28 heavy (non-hydrogen) atoms. The molecule has 144 valence electrons. The lowest BCUT2D eigenvalue weighted by atomic mass is 10.0. The summed E-state index contributed by atoms with van der Waals surface area (Å²) in [6, 6.07) is 15.8. The predicted molar refractivity (Wildman–Crippen MR) is 107 cm³/mol. The number of hydrogen-bond acceptors (Lipinski definition) is 4. The van der Waals surface area contributed by atoms with E-state index in [-0.39, 0.29) is 18.1 Å². The topological polar surface area (TPSA) is 65.4 Å². The highest BCUT2D eigenvalue weighted by Gasteiger charge is 2.32. The summed E-state index contributed by atoms with van der Waals surface area (Å²) in [7, 11) is 0. The molecule has 0 radical (unpaired) electrons. The molecule has 6 nitrogen and oxygen atoms in total. The molecule has 6 heteroatoms. The zero-order valence-electron chi connectivity index (χ0n) is 16.0. The highest BCUT2D eigenvalue weighted by molar-refractivity contribution is 5.91. The molecule has 1 aliphatic heterocycles. The highest BCUT2D eigenvalue weighted by atomic mass is 16.5. The molecule has 0 saturated heterocycles. The fourth-order valence-electron chi connectivity index (χ4n) is 3.33. The van der Waals surface area contributed by atoms with Gasteiger partial charge in [-0.2, -0.15) is 5.10 Å². The van der Waals surface area contributed by atoms with Gasteiger partial charge in [0.05, 0.1) is 18.4 Å². The minimum absolute atomic E-state index is 0.0931. The van der Waals surface area contributed by atoms with Crippen LogP contribution in [-0.2, 0) is 17.8 Å². The van der Waals surface area contributed by atoms with Gasteiger partial charge in [0.1, 0.15) is 5.60 Å². The number of ether oxygens (including phenoxy) is 2. The molecule has 0 spiro atoms. The molecule has 3 aromatic rings. The van der Waals surface area contributed by atoms with Crippen LogP contribution in [0.15, 0.2) is 60.9 Å². The maximum absolute atomic E-state index is 12.3. The number of carbonyl (C=O) groups excluding carboxylic acids is 1. The Morgan fingerprint density at radius 3 is 2.86 bits per heavy atom. The maximum atomic E-state index is 12.3. The fourth-order valence-corrected chi connectivity index (χ4v) is 3.33. The number of amides is 1. The normalized spacial score (nSPS) is 14.2. The van der Waals surface area contributed by atoms with E-state index in [9.17, 15) is 4.79 Å². The SMILES string of the molecule is CC1(C)Cc2cccc(OCC(=O)Nc3cnn(Cc4ccccc4)c3)c2O1. The third-order valence-corrected chi connectivity index (χ3v) is 4.52. The van der Waals surface area contributed by atoms with Gasteiger partial charge in [0.2, 0.25) is 0 Å². The van der Waals surface area contributed by atoms with Crippen LogP contribution in [0, 0.1) is 0 Å². The summed E-state index contributed by atoms with van der Waals surface area (Å²) in [6.07, 6.45) is 4.26. The molecule has 1 N–H and O–H groups in total. The van der Waals surface area contributed by atoms with Gasteiger partial charge in [-0.15, -0.1) is 0 Å². The van der Waals surface area contributed by atoms with Gasteiger partial charge in [-0.05, 0) is 25.5 Å². The molecule has 0 bridgehead atoms. The second kappa shape index (κ2) is 7.38. The first-order valence-corrected chi connectivity index (χ1v) is 9.28. The van der Waals surface area contributed by atoms with E-state index in [0.29, 0.717) is 18.0 Å². The number of fused-ring (bicyclic) bond motifs is 1. The van der Waals surface area contributed by atoms with Crippen LogP contribution in [0.4, 0.5) is 5.69 Å². The van der Waals surface area contributed by atoms with Crippen molar-refractivity contribution in [2.75, 3.05) is 11.9 Å². The molecule has 2 heterocycles. The Labute approximate surface area is 164 Å². The van der Waals surface area contributed by atoms with Gasteiger partial charge in [-0.3, -0.25) is 9.48 Å². The molecular formula is C22H23N3O3. The Bertz CT molecular complexity index is 980. The van der Waals surface area contributed by atoms with Gasteiger partial charge in [-0.1, -0.05) is 42.5 Å². The largest absolute Gasteiger partial charge is 0.483 e. The molecule has 0 aliphatic carbocycles. The van der Waals surface area contributed by atoms with Gasteiger partial charge in [0.25, 0.3) is 5.91 Å². The van der Waals surface area contributed by atoms with Gasteiger partial charge in [0, 0.05) is 18.2 Å². The van der Waals surface area contributed by atoms with Crippen LogP contribution < -0.4 is 14.8 Å². The van der Waals surface area contributed by atoms with Crippen molar-refractivity contribution in [1.82, 2.24) is 9.78 Å². The Balaban J connectivity index is 1.33. The van der Waals surface area contributed by atoms with Crippen LogP contribution >= 0.6 is 0 Å². The van der Waals surface area contributed by atoms with E-state index < -0.39 is 0 Å². The third-order valence-electron chi connectivity index (χ3n) is 4.52.